The van der Waals surface area contributed by atoms with E-state index in [1.165, 1.54) is 38.1 Å². The quantitative estimate of drug-likeness (QED) is 0.188. The molecule has 3 heterocycles. The van der Waals surface area contributed by atoms with E-state index in [1.54, 1.807) is 43.5 Å². The number of carbonyl (C=O) groups is 3. The summed E-state index contributed by atoms with van der Waals surface area (Å²) in [6, 6.07) is 14.1. The third-order valence-corrected chi connectivity index (χ3v) is 7.01. The van der Waals surface area contributed by atoms with Crippen LogP contribution in [0.5, 0.6) is 11.5 Å². The lowest BCUT2D eigenvalue weighted by atomic mass is 9.79. The van der Waals surface area contributed by atoms with Gasteiger partial charge < -0.3 is 19.0 Å². The van der Waals surface area contributed by atoms with Crippen LogP contribution in [-0.4, -0.2) is 38.6 Å². The fourth-order valence-electron chi connectivity index (χ4n) is 4.70. The van der Waals surface area contributed by atoms with Gasteiger partial charge in [0.1, 0.15) is 18.1 Å². The Morgan fingerprint density at radius 3 is 2.23 bits per heavy atom. The van der Waals surface area contributed by atoms with Crippen molar-refractivity contribution in [1.29, 1.82) is 0 Å². The van der Waals surface area contributed by atoms with Gasteiger partial charge >= 0.3 is 12.6 Å². The Labute approximate surface area is 248 Å². The molecule has 0 spiro atoms. The van der Waals surface area contributed by atoms with Crippen LogP contribution in [0.15, 0.2) is 60.8 Å². The van der Waals surface area contributed by atoms with Gasteiger partial charge in [-0.1, -0.05) is 26.8 Å². The van der Waals surface area contributed by atoms with Gasteiger partial charge in [-0.25, -0.2) is 0 Å². The number of ether oxygens (including phenoxy) is 2. The first-order valence-electron chi connectivity index (χ1n) is 13.7. The number of aromatic nitrogens is 2. The number of carbonyl (C=O) groups excluding carboxylic acids is 2. The molecule has 1 aromatic carbocycles. The van der Waals surface area contributed by atoms with Crippen LogP contribution in [0.3, 0.4) is 0 Å². The number of carboxylic acids is 1. The molecule has 1 N–H and O–H groups in total. The van der Waals surface area contributed by atoms with E-state index in [1.807, 2.05) is 25.1 Å². The highest BCUT2D eigenvalue weighted by Crippen LogP contribution is 2.37. The van der Waals surface area contributed by atoms with Crippen molar-refractivity contribution in [2.45, 2.75) is 61.2 Å². The maximum Gasteiger partial charge on any atom is 0.387 e. The number of hydrogen-bond donors (Lipinski definition) is 1. The number of aliphatic carboxylic acids is 1. The van der Waals surface area contributed by atoms with Crippen LogP contribution < -0.4 is 9.47 Å². The number of fused-ring (bicyclic) bond motifs is 1. The summed E-state index contributed by atoms with van der Waals surface area (Å²) in [4.78, 5) is 44.7. The number of Topliss-reactive ketones (excluding diaryl/α,β-unsaturated/α-hetero) is 1. The highest BCUT2D eigenvalue weighted by molar-refractivity contribution is 6.15. The van der Waals surface area contributed by atoms with Crippen molar-refractivity contribution in [1.82, 2.24) is 9.38 Å². The zero-order valence-electron chi connectivity index (χ0n) is 24.9. The van der Waals surface area contributed by atoms with E-state index in [2.05, 4.69) is 9.72 Å². The van der Waals surface area contributed by atoms with E-state index in [9.17, 15) is 28.3 Å². The van der Waals surface area contributed by atoms with Crippen molar-refractivity contribution in [3.8, 4) is 11.5 Å². The third kappa shape index (κ3) is 6.90. The van der Waals surface area contributed by atoms with Crippen molar-refractivity contribution >= 4 is 23.1 Å². The molecular formula is C33H34F2N2O6. The Morgan fingerprint density at radius 2 is 1.65 bits per heavy atom. The number of benzene rings is 1. The van der Waals surface area contributed by atoms with E-state index in [-0.39, 0.29) is 46.9 Å². The van der Waals surface area contributed by atoms with Gasteiger partial charge in [0.15, 0.2) is 5.78 Å². The molecule has 0 unspecified atom stereocenters. The van der Waals surface area contributed by atoms with E-state index in [0.29, 0.717) is 17.0 Å². The zero-order valence-corrected chi connectivity index (χ0v) is 24.9. The van der Waals surface area contributed by atoms with Gasteiger partial charge in [0.2, 0.25) is 5.78 Å². The number of rotatable bonds is 11. The summed E-state index contributed by atoms with van der Waals surface area (Å²) in [5.41, 5.74) is 0.474. The molecule has 43 heavy (non-hydrogen) atoms. The normalized spacial score (nSPS) is 12.0. The second-order valence-corrected chi connectivity index (χ2v) is 12.1. The number of nitrogens with zero attached hydrogens (tertiary/aromatic N) is 2. The minimum Gasteiger partial charge on any atom is -0.487 e. The first-order valence-corrected chi connectivity index (χ1v) is 13.7. The number of aryl methyl sites for hydroxylation is 1. The molecule has 0 atom stereocenters. The standard InChI is InChI=1S/C33H34F2N2O6/c1-19-8-7-9-21(36-19)18-42-23-14-15-37-25(16-23)26(29(39)32(2,3)4)24(17-33(5,6)30(40)41)27(37)28(38)20-10-12-22(13-11-20)43-31(34)35/h7-16,31H,17-18H2,1-6H3,(H,40,41). The molecule has 4 rings (SSSR count). The fourth-order valence-corrected chi connectivity index (χ4v) is 4.70. The van der Waals surface area contributed by atoms with Crippen LogP contribution in [0.2, 0.25) is 0 Å². The lowest BCUT2D eigenvalue weighted by molar-refractivity contribution is -0.146. The second kappa shape index (κ2) is 11.9. The molecule has 0 bridgehead atoms. The minimum absolute atomic E-state index is 0.103. The molecule has 226 valence electrons. The van der Waals surface area contributed by atoms with Crippen LogP contribution in [-0.2, 0) is 17.8 Å². The van der Waals surface area contributed by atoms with E-state index < -0.39 is 29.2 Å². The number of pyridine rings is 2. The number of hydrogen-bond acceptors (Lipinski definition) is 6. The molecule has 0 aliphatic rings. The fraction of sp³-hybridized carbons (Fsp3) is 0.333. The van der Waals surface area contributed by atoms with Crippen molar-refractivity contribution in [3.05, 3.63) is 94.6 Å². The SMILES string of the molecule is Cc1cccc(COc2ccn3c(C(=O)c4ccc(OC(F)F)cc4)c(CC(C)(C)C(=O)O)c(C(=O)C(C)(C)C)c3c2)n1. The lowest BCUT2D eigenvalue weighted by Gasteiger charge is -2.22. The van der Waals surface area contributed by atoms with Crippen LogP contribution in [0, 0.1) is 17.8 Å². The lowest BCUT2D eigenvalue weighted by Crippen LogP contribution is -2.29. The van der Waals surface area contributed by atoms with E-state index in [4.69, 9.17) is 4.74 Å². The van der Waals surface area contributed by atoms with Gasteiger partial charge in [-0.05, 0) is 75.2 Å². The first kappa shape index (κ1) is 31.3. The third-order valence-electron chi connectivity index (χ3n) is 7.01. The summed E-state index contributed by atoms with van der Waals surface area (Å²) in [5, 5.41) is 9.98. The van der Waals surface area contributed by atoms with Gasteiger partial charge in [0.05, 0.1) is 22.3 Å². The second-order valence-electron chi connectivity index (χ2n) is 12.1. The van der Waals surface area contributed by atoms with Crippen LogP contribution in [0.1, 0.15) is 78.0 Å². The summed E-state index contributed by atoms with van der Waals surface area (Å²) in [7, 11) is 0. The minimum atomic E-state index is -3.02. The molecule has 0 aliphatic carbocycles. The average molecular weight is 593 g/mol. The molecule has 0 radical (unpaired) electrons. The predicted octanol–water partition coefficient (Wildman–Crippen LogP) is 6.94. The highest BCUT2D eigenvalue weighted by Gasteiger charge is 2.37. The highest BCUT2D eigenvalue weighted by atomic mass is 19.3. The Hall–Kier alpha value is -4.60. The summed E-state index contributed by atoms with van der Waals surface area (Å²) in [6.07, 6.45) is 1.48. The molecule has 10 heteroatoms. The van der Waals surface area contributed by atoms with Gasteiger partial charge in [-0.15, -0.1) is 0 Å². The summed E-state index contributed by atoms with van der Waals surface area (Å²) >= 11 is 0. The smallest absolute Gasteiger partial charge is 0.387 e. The van der Waals surface area contributed by atoms with Crippen molar-refractivity contribution < 1.29 is 37.7 Å². The Balaban J connectivity index is 1.92. The number of alkyl halides is 2. The van der Waals surface area contributed by atoms with Crippen LogP contribution in [0.25, 0.3) is 5.52 Å². The molecule has 0 fully saturated rings. The summed E-state index contributed by atoms with van der Waals surface area (Å²) < 4.78 is 37.4. The zero-order chi connectivity index (χ0) is 31.7. The average Bonchev–Trinajstić information content (AvgIpc) is 3.22. The largest absolute Gasteiger partial charge is 0.487 e. The van der Waals surface area contributed by atoms with Crippen molar-refractivity contribution in [2.75, 3.05) is 0 Å². The van der Waals surface area contributed by atoms with Crippen LogP contribution >= 0.6 is 0 Å². The Bertz CT molecular complexity index is 1680. The Kier molecular flexibility index (Phi) is 8.71. The number of carboxylic acid groups (broad SMARTS) is 1. The van der Waals surface area contributed by atoms with Crippen molar-refractivity contribution in [3.63, 3.8) is 0 Å². The molecule has 0 aliphatic heterocycles. The van der Waals surface area contributed by atoms with Gasteiger partial charge in [-0.2, -0.15) is 8.78 Å². The predicted molar refractivity (Wildman–Crippen MR) is 156 cm³/mol. The van der Waals surface area contributed by atoms with E-state index in [0.717, 1.165) is 5.69 Å². The van der Waals surface area contributed by atoms with Crippen molar-refractivity contribution in [2.24, 2.45) is 10.8 Å². The van der Waals surface area contributed by atoms with Gasteiger partial charge in [0, 0.05) is 34.5 Å². The molecule has 8 nitrogen and oxygen atoms in total. The molecule has 0 saturated carbocycles. The molecule has 4 aromatic rings. The molecule has 0 saturated heterocycles. The topological polar surface area (TPSA) is 107 Å². The maximum absolute atomic E-state index is 14.1. The summed E-state index contributed by atoms with van der Waals surface area (Å²) in [5.74, 6) is -1.59. The van der Waals surface area contributed by atoms with E-state index >= 15 is 0 Å². The van der Waals surface area contributed by atoms with Gasteiger partial charge in [0.25, 0.3) is 0 Å². The molecule has 3 aromatic heterocycles. The van der Waals surface area contributed by atoms with Gasteiger partial charge in [-0.3, -0.25) is 19.4 Å². The first-order chi connectivity index (χ1) is 20.1. The summed E-state index contributed by atoms with van der Waals surface area (Å²) in [6.45, 7) is 7.31. The Morgan fingerprint density at radius 1 is 0.977 bits per heavy atom. The number of ketones is 2. The molecular weight excluding hydrogens is 558 g/mol. The monoisotopic (exact) mass is 592 g/mol. The molecule has 0 amide bonds. The van der Waals surface area contributed by atoms with Crippen LogP contribution in [0.4, 0.5) is 8.78 Å². The number of halogens is 2. The maximum atomic E-state index is 14.1.